The molecule has 0 unspecified atom stereocenters. The molecular formula is C14H18N2O2. The Labute approximate surface area is 107 Å². The second-order valence-electron chi connectivity index (χ2n) is 5.10. The third kappa shape index (κ3) is 2.48. The van der Waals surface area contributed by atoms with E-state index in [0.717, 1.165) is 18.4 Å². The minimum atomic E-state index is -0.307. The summed E-state index contributed by atoms with van der Waals surface area (Å²) < 4.78 is 5.22. The molecule has 2 N–H and O–H groups in total. The molecule has 4 heteroatoms. The first-order valence-electron chi connectivity index (χ1n) is 6.54. The molecule has 2 heterocycles. The lowest BCUT2D eigenvalue weighted by Gasteiger charge is -2.21. The first-order chi connectivity index (χ1) is 8.81. The van der Waals surface area contributed by atoms with Crippen molar-refractivity contribution in [1.82, 2.24) is 10.6 Å². The molecule has 0 aliphatic carbocycles. The number of rotatable bonds is 3. The largest absolute Gasteiger partial charge is 0.445 e. The van der Waals surface area contributed by atoms with Gasteiger partial charge < -0.3 is 15.4 Å². The Morgan fingerprint density at radius 2 is 2.17 bits per heavy atom. The monoisotopic (exact) mass is 246 g/mol. The molecule has 96 valence electrons. The van der Waals surface area contributed by atoms with E-state index in [-0.39, 0.29) is 12.1 Å². The summed E-state index contributed by atoms with van der Waals surface area (Å²) in [5, 5.41) is 6.44. The average molecular weight is 246 g/mol. The van der Waals surface area contributed by atoms with Gasteiger partial charge in [-0.25, -0.2) is 4.79 Å². The molecule has 0 spiro atoms. The summed E-state index contributed by atoms with van der Waals surface area (Å²) in [5.74, 6) is 0. The minimum absolute atomic E-state index is 0.243. The summed E-state index contributed by atoms with van der Waals surface area (Å²) in [6.07, 6.45) is 3.12. The van der Waals surface area contributed by atoms with E-state index in [1.54, 1.807) is 0 Å². The highest BCUT2D eigenvalue weighted by Gasteiger charge is 2.39. The van der Waals surface area contributed by atoms with Crippen molar-refractivity contribution in [2.75, 3.05) is 0 Å². The third-order valence-corrected chi connectivity index (χ3v) is 3.82. The smallest absolute Gasteiger partial charge is 0.407 e. The molecule has 3 atom stereocenters. The fourth-order valence-electron chi connectivity index (χ4n) is 2.90. The van der Waals surface area contributed by atoms with Crippen LogP contribution < -0.4 is 10.6 Å². The van der Waals surface area contributed by atoms with Gasteiger partial charge in [0.15, 0.2) is 0 Å². The fourth-order valence-corrected chi connectivity index (χ4v) is 2.90. The van der Waals surface area contributed by atoms with Crippen LogP contribution >= 0.6 is 0 Å². The predicted octanol–water partition coefficient (Wildman–Crippen LogP) is 1.81. The lowest BCUT2D eigenvalue weighted by molar-refractivity contribution is 0.134. The third-order valence-electron chi connectivity index (χ3n) is 3.82. The van der Waals surface area contributed by atoms with E-state index in [2.05, 4.69) is 10.6 Å². The number of nitrogens with one attached hydrogen (secondary N) is 2. The molecule has 2 bridgehead atoms. The van der Waals surface area contributed by atoms with Crippen LogP contribution in [-0.4, -0.2) is 24.2 Å². The van der Waals surface area contributed by atoms with Gasteiger partial charge in [0, 0.05) is 18.1 Å². The van der Waals surface area contributed by atoms with E-state index >= 15 is 0 Å². The van der Waals surface area contributed by atoms with E-state index in [0.29, 0.717) is 18.7 Å². The number of amides is 1. The minimum Gasteiger partial charge on any atom is -0.445 e. The van der Waals surface area contributed by atoms with Crippen LogP contribution in [0.4, 0.5) is 4.79 Å². The Balaban J connectivity index is 1.45. The highest BCUT2D eigenvalue weighted by Crippen LogP contribution is 2.28. The van der Waals surface area contributed by atoms with Gasteiger partial charge >= 0.3 is 6.09 Å². The fraction of sp³-hybridized carbons (Fsp3) is 0.500. The first-order valence-corrected chi connectivity index (χ1v) is 6.54. The van der Waals surface area contributed by atoms with Crippen LogP contribution in [0, 0.1) is 0 Å². The van der Waals surface area contributed by atoms with Gasteiger partial charge in [-0.15, -0.1) is 0 Å². The Morgan fingerprint density at radius 3 is 2.83 bits per heavy atom. The zero-order valence-corrected chi connectivity index (χ0v) is 10.3. The van der Waals surface area contributed by atoms with Gasteiger partial charge in [0.1, 0.15) is 6.61 Å². The van der Waals surface area contributed by atoms with E-state index in [1.807, 2.05) is 30.3 Å². The van der Waals surface area contributed by atoms with E-state index in [4.69, 9.17) is 4.74 Å². The molecule has 18 heavy (non-hydrogen) atoms. The molecule has 4 nitrogen and oxygen atoms in total. The van der Waals surface area contributed by atoms with Crippen LogP contribution in [0.3, 0.4) is 0 Å². The van der Waals surface area contributed by atoms with Crippen LogP contribution in [0.1, 0.15) is 24.8 Å². The number of hydrogen-bond donors (Lipinski definition) is 2. The van der Waals surface area contributed by atoms with Gasteiger partial charge in [-0.3, -0.25) is 0 Å². The van der Waals surface area contributed by atoms with Crippen molar-refractivity contribution in [1.29, 1.82) is 0 Å². The average Bonchev–Trinajstić information content (AvgIpc) is 3.00. The standard InChI is InChI=1S/C14H18N2O2/c17-14(18-9-10-4-2-1-3-5-10)16-13-8-11-6-7-12(13)15-11/h1-5,11-13,15H,6-9H2,(H,16,17)/t11-,12-,13-/m0/s1. The zero-order chi connectivity index (χ0) is 12.4. The van der Waals surface area contributed by atoms with Crippen LogP contribution in [0.15, 0.2) is 30.3 Å². The normalized spacial score (nSPS) is 29.2. The summed E-state index contributed by atoms with van der Waals surface area (Å²) in [5.41, 5.74) is 1.01. The van der Waals surface area contributed by atoms with Crippen molar-refractivity contribution in [3.05, 3.63) is 35.9 Å². The summed E-state index contributed by atoms with van der Waals surface area (Å²) in [6.45, 7) is 0.334. The highest BCUT2D eigenvalue weighted by atomic mass is 16.5. The summed E-state index contributed by atoms with van der Waals surface area (Å²) in [4.78, 5) is 11.7. The lowest BCUT2D eigenvalue weighted by Crippen LogP contribution is -2.43. The zero-order valence-electron chi connectivity index (χ0n) is 10.3. The van der Waals surface area contributed by atoms with Crippen molar-refractivity contribution < 1.29 is 9.53 Å². The van der Waals surface area contributed by atoms with Crippen molar-refractivity contribution in [3.63, 3.8) is 0 Å². The van der Waals surface area contributed by atoms with Gasteiger partial charge in [-0.2, -0.15) is 0 Å². The molecule has 1 aromatic carbocycles. The topological polar surface area (TPSA) is 50.4 Å². The van der Waals surface area contributed by atoms with Crippen molar-refractivity contribution in [2.24, 2.45) is 0 Å². The predicted molar refractivity (Wildman–Crippen MR) is 68.1 cm³/mol. The molecule has 2 saturated heterocycles. The number of hydrogen-bond acceptors (Lipinski definition) is 3. The molecular weight excluding hydrogens is 228 g/mol. The van der Waals surface area contributed by atoms with Crippen LogP contribution in [0.25, 0.3) is 0 Å². The van der Waals surface area contributed by atoms with Crippen molar-refractivity contribution in [3.8, 4) is 0 Å². The van der Waals surface area contributed by atoms with Crippen molar-refractivity contribution >= 4 is 6.09 Å². The van der Waals surface area contributed by atoms with Crippen LogP contribution in [0.5, 0.6) is 0 Å². The van der Waals surface area contributed by atoms with Gasteiger partial charge in [0.05, 0.1) is 0 Å². The Kier molecular flexibility index (Phi) is 3.19. The van der Waals surface area contributed by atoms with E-state index in [1.165, 1.54) is 6.42 Å². The van der Waals surface area contributed by atoms with Crippen LogP contribution in [0.2, 0.25) is 0 Å². The molecule has 0 radical (unpaired) electrons. The number of alkyl carbamates (subject to hydrolysis) is 1. The molecule has 2 aliphatic heterocycles. The van der Waals surface area contributed by atoms with Crippen molar-refractivity contribution in [2.45, 2.75) is 44.0 Å². The second-order valence-corrected chi connectivity index (χ2v) is 5.10. The number of carbonyl (C=O) groups excluding carboxylic acids is 1. The summed E-state index contributed by atoms with van der Waals surface area (Å²) in [6, 6.07) is 11.0. The first kappa shape index (κ1) is 11.5. The molecule has 3 rings (SSSR count). The number of fused-ring (bicyclic) bond motifs is 2. The van der Waals surface area contributed by atoms with Gasteiger partial charge in [0.25, 0.3) is 0 Å². The SMILES string of the molecule is O=C(N[C@H]1C[C@@H]2CC[C@@H]1N2)OCc1ccccc1. The van der Waals surface area contributed by atoms with Gasteiger partial charge in [-0.1, -0.05) is 30.3 Å². The maximum atomic E-state index is 11.7. The highest BCUT2D eigenvalue weighted by molar-refractivity contribution is 5.67. The number of carbonyl (C=O) groups is 1. The molecule has 1 aromatic rings. The van der Waals surface area contributed by atoms with E-state index in [9.17, 15) is 4.79 Å². The number of ether oxygens (including phenoxy) is 1. The quantitative estimate of drug-likeness (QED) is 0.855. The molecule has 2 fully saturated rings. The number of benzene rings is 1. The molecule has 1 amide bonds. The van der Waals surface area contributed by atoms with Gasteiger partial charge in [-0.05, 0) is 24.8 Å². The molecule has 0 aromatic heterocycles. The maximum absolute atomic E-state index is 11.7. The second kappa shape index (κ2) is 4.98. The molecule has 2 aliphatic rings. The Hall–Kier alpha value is -1.55. The summed E-state index contributed by atoms with van der Waals surface area (Å²) >= 11 is 0. The van der Waals surface area contributed by atoms with E-state index < -0.39 is 0 Å². The summed E-state index contributed by atoms with van der Waals surface area (Å²) in [7, 11) is 0. The van der Waals surface area contributed by atoms with Gasteiger partial charge in [0.2, 0.25) is 0 Å². The lowest BCUT2D eigenvalue weighted by atomic mass is 9.96. The molecule has 0 saturated carbocycles. The Morgan fingerprint density at radius 1 is 1.33 bits per heavy atom. The maximum Gasteiger partial charge on any atom is 0.407 e. The van der Waals surface area contributed by atoms with Crippen LogP contribution in [-0.2, 0) is 11.3 Å². The Bertz CT molecular complexity index is 421.